The van der Waals surface area contributed by atoms with Gasteiger partial charge in [-0.3, -0.25) is 19.3 Å². The highest BCUT2D eigenvalue weighted by Crippen LogP contribution is 2.39. The van der Waals surface area contributed by atoms with Gasteiger partial charge < -0.3 is 0 Å². The van der Waals surface area contributed by atoms with Crippen LogP contribution in [0.4, 0.5) is 24.5 Å². The summed E-state index contributed by atoms with van der Waals surface area (Å²) in [6.07, 6.45) is -4.72. The molecule has 1 heterocycles. The van der Waals surface area contributed by atoms with Crippen LogP contribution in [0.5, 0.6) is 0 Å². The highest BCUT2D eigenvalue weighted by atomic mass is 19.4. The second-order valence-corrected chi connectivity index (χ2v) is 6.21. The number of halogens is 3. The Hall–Kier alpha value is -3.62. The predicted molar refractivity (Wildman–Crippen MR) is 97.6 cm³/mol. The van der Waals surface area contributed by atoms with Crippen LogP contribution in [0.2, 0.25) is 0 Å². The van der Waals surface area contributed by atoms with Crippen molar-refractivity contribution in [1.82, 2.24) is 0 Å². The molecule has 0 fully saturated rings. The number of benzene rings is 2. The molecule has 1 aliphatic rings. The van der Waals surface area contributed by atoms with Gasteiger partial charge in [-0.25, -0.2) is 0 Å². The molecule has 2 aromatic rings. The fourth-order valence-corrected chi connectivity index (χ4v) is 2.93. The Morgan fingerprint density at radius 1 is 0.897 bits per heavy atom. The summed E-state index contributed by atoms with van der Waals surface area (Å²) in [6, 6.07) is 11.3. The van der Waals surface area contributed by atoms with Crippen LogP contribution in [0, 0.1) is 0 Å². The molecule has 9 heteroatoms. The zero-order valence-corrected chi connectivity index (χ0v) is 15.3. The first-order valence-corrected chi connectivity index (χ1v) is 8.40. The SMILES string of the molecule is CC(=O)C1=C(N(c2ccccc2)c2ccc(C(F)(F)F)c(C(C)=O)c2)N=NC1=O. The summed E-state index contributed by atoms with van der Waals surface area (Å²) in [4.78, 5) is 37.2. The molecule has 2 aromatic carbocycles. The van der Waals surface area contributed by atoms with Crippen molar-refractivity contribution in [2.24, 2.45) is 10.2 Å². The maximum atomic E-state index is 13.3. The first kappa shape index (κ1) is 20.1. The van der Waals surface area contributed by atoms with Crippen LogP contribution in [-0.4, -0.2) is 17.5 Å². The van der Waals surface area contributed by atoms with Crippen molar-refractivity contribution in [2.45, 2.75) is 20.0 Å². The van der Waals surface area contributed by atoms with Gasteiger partial charge in [0.1, 0.15) is 5.57 Å². The van der Waals surface area contributed by atoms with Crippen molar-refractivity contribution < 1.29 is 27.6 Å². The van der Waals surface area contributed by atoms with Crippen LogP contribution in [0.3, 0.4) is 0 Å². The molecule has 3 rings (SSSR count). The summed E-state index contributed by atoms with van der Waals surface area (Å²) < 4.78 is 39.9. The average molecular weight is 401 g/mol. The Morgan fingerprint density at radius 2 is 1.55 bits per heavy atom. The van der Waals surface area contributed by atoms with E-state index in [2.05, 4.69) is 10.2 Å². The molecular weight excluding hydrogens is 387 g/mol. The first-order valence-electron chi connectivity index (χ1n) is 8.40. The number of nitrogens with zero attached hydrogens (tertiary/aromatic N) is 3. The fraction of sp³-hybridized carbons (Fsp3) is 0.150. The van der Waals surface area contributed by atoms with Crippen molar-refractivity contribution in [3.8, 4) is 0 Å². The monoisotopic (exact) mass is 401 g/mol. The number of carbonyl (C=O) groups is 3. The van der Waals surface area contributed by atoms with Gasteiger partial charge in [0.15, 0.2) is 17.4 Å². The van der Waals surface area contributed by atoms with E-state index < -0.39 is 34.8 Å². The van der Waals surface area contributed by atoms with E-state index >= 15 is 0 Å². The van der Waals surface area contributed by atoms with Gasteiger partial charge in [0, 0.05) is 16.9 Å². The molecule has 0 aliphatic carbocycles. The Kier molecular flexibility index (Phi) is 5.15. The molecule has 1 aliphatic heterocycles. The van der Waals surface area contributed by atoms with Gasteiger partial charge in [-0.05, 0) is 44.2 Å². The van der Waals surface area contributed by atoms with Crippen LogP contribution in [0.15, 0.2) is 70.2 Å². The van der Waals surface area contributed by atoms with Crippen molar-refractivity contribution in [3.63, 3.8) is 0 Å². The zero-order chi connectivity index (χ0) is 21.3. The topological polar surface area (TPSA) is 79.2 Å². The molecule has 0 radical (unpaired) electrons. The van der Waals surface area contributed by atoms with Gasteiger partial charge in [0.2, 0.25) is 0 Å². The van der Waals surface area contributed by atoms with Gasteiger partial charge in [-0.15, -0.1) is 10.2 Å². The third kappa shape index (κ3) is 3.84. The van der Waals surface area contributed by atoms with E-state index in [9.17, 15) is 27.6 Å². The number of Topliss-reactive ketones (excluding diaryl/α,β-unsaturated/α-hetero) is 2. The molecule has 0 saturated heterocycles. The minimum atomic E-state index is -4.72. The van der Waals surface area contributed by atoms with E-state index in [1.165, 1.54) is 11.8 Å². The number of rotatable bonds is 5. The van der Waals surface area contributed by atoms with E-state index in [0.717, 1.165) is 25.1 Å². The number of para-hydroxylation sites is 1. The van der Waals surface area contributed by atoms with Crippen molar-refractivity contribution in [2.75, 3.05) is 4.90 Å². The molecule has 0 unspecified atom stereocenters. The lowest BCUT2D eigenvalue weighted by Gasteiger charge is -2.25. The molecule has 148 valence electrons. The second-order valence-electron chi connectivity index (χ2n) is 6.21. The lowest BCUT2D eigenvalue weighted by molar-refractivity contribution is -0.138. The predicted octanol–water partition coefficient (Wildman–Crippen LogP) is 4.84. The van der Waals surface area contributed by atoms with E-state index in [1.54, 1.807) is 30.3 Å². The number of amides is 1. The zero-order valence-electron chi connectivity index (χ0n) is 15.3. The molecule has 0 saturated carbocycles. The summed E-state index contributed by atoms with van der Waals surface area (Å²) in [7, 11) is 0. The van der Waals surface area contributed by atoms with Gasteiger partial charge >= 0.3 is 12.1 Å². The van der Waals surface area contributed by atoms with Crippen molar-refractivity contribution in [1.29, 1.82) is 0 Å². The van der Waals surface area contributed by atoms with Crippen molar-refractivity contribution >= 4 is 28.8 Å². The van der Waals surface area contributed by atoms with E-state index in [1.807, 2.05) is 0 Å². The maximum absolute atomic E-state index is 13.3. The highest BCUT2D eigenvalue weighted by Gasteiger charge is 2.36. The van der Waals surface area contributed by atoms with Gasteiger partial charge in [0.25, 0.3) is 0 Å². The number of ketones is 2. The van der Waals surface area contributed by atoms with Gasteiger partial charge in [-0.1, -0.05) is 18.2 Å². The second kappa shape index (κ2) is 7.42. The maximum Gasteiger partial charge on any atom is 0.417 e. The van der Waals surface area contributed by atoms with Crippen LogP contribution < -0.4 is 4.90 Å². The number of azo groups is 1. The number of hydrogen-bond donors (Lipinski definition) is 0. The molecule has 0 bridgehead atoms. The van der Waals surface area contributed by atoms with Crippen LogP contribution in [-0.2, 0) is 15.8 Å². The quantitative estimate of drug-likeness (QED) is 0.531. The molecule has 0 spiro atoms. The molecule has 0 atom stereocenters. The standard InChI is InChI=1S/C20H14F3N3O3/c1-11(27)15-10-14(8-9-16(15)20(21,22)23)26(13-6-4-3-5-7-13)18-17(12(2)28)19(29)25-24-18/h3-10H,1-2H3. The number of hydrogen-bond acceptors (Lipinski definition) is 5. The van der Waals surface area contributed by atoms with E-state index in [-0.39, 0.29) is 17.1 Å². The third-order valence-corrected chi connectivity index (χ3v) is 4.20. The van der Waals surface area contributed by atoms with Crippen molar-refractivity contribution in [3.05, 3.63) is 71.1 Å². The highest BCUT2D eigenvalue weighted by molar-refractivity contribution is 6.20. The minimum Gasteiger partial charge on any atom is -0.294 e. The minimum absolute atomic E-state index is 0.122. The molecule has 29 heavy (non-hydrogen) atoms. The largest absolute Gasteiger partial charge is 0.417 e. The summed E-state index contributed by atoms with van der Waals surface area (Å²) in [5.41, 5.74) is -1.37. The van der Waals surface area contributed by atoms with Crippen LogP contribution in [0.25, 0.3) is 0 Å². The average Bonchev–Trinajstić information content (AvgIpc) is 3.03. The van der Waals surface area contributed by atoms with E-state index in [4.69, 9.17) is 0 Å². The summed E-state index contributed by atoms with van der Waals surface area (Å²) >= 11 is 0. The van der Waals surface area contributed by atoms with Crippen LogP contribution in [0.1, 0.15) is 29.8 Å². The third-order valence-electron chi connectivity index (χ3n) is 4.20. The number of carbonyl (C=O) groups excluding carboxylic acids is 3. The Balaban J connectivity index is 2.28. The summed E-state index contributed by atoms with van der Waals surface area (Å²) in [5.74, 6) is -2.33. The fourth-order valence-electron chi connectivity index (χ4n) is 2.93. The molecular formula is C20H14F3N3O3. The van der Waals surface area contributed by atoms with Crippen LogP contribution >= 0.6 is 0 Å². The molecule has 1 amide bonds. The lowest BCUT2D eigenvalue weighted by Crippen LogP contribution is -2.20. The van der Waals surface area contributed by atoms with Gasteiger partial charge in [0.05, 0.1) is 5.56 Å². The van der Waals surface area contributed by atoms with Gasteiger partial charge in [-0.2, -0.15) is 13.2 Å². The lowest BCUT2D eigenvalue weighted by atomic mass is 10.0. The molecule has 6 nitrogen and oxygen atoms in total. The first-order chi connectivity index (χ1) is 13.6. The molecule has 0 N–H and O–H groups in total. The summed E-state index contributed by atoms with van der Waals surface area (Å²) in [5, 5.41) is 7.18. The summed E-state index contributed by atoms with van der Waals surface area (Å²) in [6.45, 7) is 2.20. The molecule has 0 aromatic heterocycles. The number of alkyl halides is 3. The Labute approximate surface area is 163 Å². The smallest absolute Gasteiger partial charge is 0.294 e. The Bertz CT molecular complexity index is 1070. The number of anilines is 2. The normalized spacial score (nSPS) is 13.8. The Morgan fingerprint density at radius 3 is 2.10 bits per heavy atom. The van der Waals surface area contributed by atoms with E-state index in [0.29, 0.717) is 5.69 Å².